The van der Waals surface area contributed by atoms with Crippen LogP contribution in [0, 0.1) is 0 Å². The smallest absolute Gasteiger partial charge is 0.181 e. The van der Waals surface area contributed by atoms with Gasteiger partial charge in [0.2, 0.25) is 0 Å². The summed E-state index contributed by atoms with van der Waals surface area (Å²) in [6, 6.07) is 15.6. The maximum atomic E-state index is 9.91. The summed E-state index contributed by atoms with van der Waals surface area (Å²) in [6.45, 7) is 3.45. The van der Waals surface area contributed by atoms with Gasteiger partial charge in [0, 0.05) is 12.7 Å². The summed E-state index contributed by atoms with van der Waals surface area (Å²) in [5.41, 5.74) is 2.91. The molecule has 0 saturated carbocycles. The van der Waals surface area contributed by atoms with Crippen molar-refractivity contribution in [3.8, 4) is 16.9 Å². The molecule has 1 atom stereocenters. The van der Waals surface area contributed by atoms with Gasteiger partial charge in [0.25, 0.3) is 0 Å². The topological polar surface area (TPSA) is 47.9 Å². The monoisotopic (exact) mass is 302 g/mol. The molecule has 2 rings (SSSR count). The highest BCUT2D eigenvalue weighted by atomic mass is 16.6. The average Bonchev–Trinajstić information content (AvgIpc) is 2.56. The standard InChI is InChI=1S/C18H22O4/c1-3-21-17-10-8-15(9-11-17)14-4-6-16(7-5-14)18(19)22-13-12-20-2/h4-11,18-19H,3,12-13H2,1-2H3. The number of aliphatic hydroxyl groups is 1. The van der Waals surface area contributed by atoms with Crippen molar-refractivity contribution in [2.75, 3.05) is 26.9 Å². The summed E-state index contributed by atoms with van der Waals surface area (Å²) < 4.78 is 15.6. The van der Waals surface area contributed by atoms with Crippen LogP contribution in [0.3, 0.4) is 0 Å². The highest BCUT2D eigenvalue weighted by molar-refractivity contribution is 5.64. The van der Waals surface area contributed by atoms with E-state index in [1.807, 2.05) is 55.5 Å². The van der Waals surface area contributed by atoms with E-state index in [0.29, 0.717) is 19.8 Å². The molecule has 0 aromatic heterocycles. The predicted molar refractivity (Wildman–Crippen MR) is 85.8 cm³/mol. The van der Waals surface area contributed by atoms with Crippen LogP contribution in [0.4, 0.5) is 0 Å². The van der Waals surface area contributed by atoms with Crippen molar-refractivity contribution in [1.82, 2.24) is 0 Å². The Balaban J connectivity index is 2.01. The third kappa shape index (κ3) is 4.56. The third-order valence-corrected chi connectivity index (χ3v) is 3.26. The molecular formula is C18H22O4. The maximum Gasteiger partial charge on any atom is 0.181 e. The first-order valence-electron chi connectivity index (χ1n) is 7.36. The van der Waals surface area contributed by atoms with Crippen molar-refractivity contribution in [2.24, 2.45) is 0 Å². The quantitative estimate of drug-likeness (QED) is 0.599. The molecule has 0 radical (unpaired) electrons. The van der Waals surface area contributed by atoms with Gasteiger partial charge < -0.3 is 19.3 Å². The van der Waals surface area contributed by atoms with Gasteiger partial charge in [-0.05, 0) is 30.2 Å². The lowest BCUT2D eigenvalue weighted by Gasteiger charge is -2.12. The van der Waals surface area contributed by atoms with Crippen LogP contribution < -0.4 is 4.74 Å². The number of hydrogen-bond acceptors (Lipinski definition) is 4. The van der Waals surface area contributed by atoms with Crippen LogP contribution in [0.2, 0.25) is 0 Å². The minimum Gasteiger partial charge on any atom is -0.494 e. The van der Waals surface area contributed by atoms with Gasteiger partial charge in [-0.25, -0.2) is 0 Å². The van der Waals surface area contributed by atoms with Gasteiger partial charge in [-0.1, -0.05) is 36.4 Å². The van der Waals surface area contributed by atoms with Crippen LogP contribution in [0.25, 0.3) is 11.1 Å². The van der Waals surface area contributed by atoms with Crippen molar-refractivity contribution in [1.29, 1.82) is 0 Å². The fourth-order valence-electron chi connectivity index (χ4n) is 2.09. The van der Waals surface area contributed by atoms with Gasteiger partial charge >= 0.3 is 0 Å². The van der Waals surface area contributed by atoms with Crippen LogP contribution in [-0.4, -0.2) is 32.0 Å². The van der Waals surface area contributed by atoms with Gasteiger partial charge in [0.1, 0.15) is 5.75 Å². The number of hydrogen-bond donors (Lipinski definition) is 1. The molecule has 118 valence electrons. The minimum absolute atomic E-state index is 0.359. The summed E-state index contributed by atoms with van der Waals surface area (Å²) >= 11 is 0. The number of aliphatic hydroxyl groups excluding tert-OH is 1. The molecule has 0 aliphatic heterocycles. The van der Waals surface area contributed by atoms with Crippen LogP contribution in [0.1, 0.15) is 18.8 Å². The number of rotatable bonds is 8. The molecule has 22 heavy (non-hydrogen) atoms. The molecule has 4 heteroatoms. The van der Waals surface area contributed by atoms with Crippen molar-refractivity contribution >= 4 is 0 Å². The highest BCUT2D eigenvalue weighted by Gasteiger charge is 2.07. The van der Waals surface area contributed by atoms with Crippen LogP contribution in [0.15, 0.2) is 48.5 Å². The fraction of sp³-hybridized carbons (Fsp3) is 0.333. The Labute approximate surface area is 131 Å². The van der Waals surface area contributed by atoms with E-state index in [1.165, 1.54) is 0 Å². The molecule has 0 amide bonds. The molecule has 0 fully saturated rings. The number of benzene rings is 2. The van der Waals surface area contributed by atoms with Crippen molar-refractivity contribution < 1.29 is 19.3 Å². The van der Waals surface area contributed by atoms with Gasteiger partial charge in [-0.15, -0.1) is 0 Å². The van der Waals surface area contributed by atoms with Crippen LogP contribution in [0.5, 0.6) is 5.75 Å². The second kappa shape index (κ2) is 8.54. The summed E-state index contributed by atoms with van der Waals surface area (Å²) in [4.78, 5) is 0. The number of ether oxygens (including phenoxy) is 3. The lowest BCUT2D eigenvalue weighted by Crippen LogP contribution is -2.08. The predicted octanol–water partition coefficient (Wildman–Crippen LogP) is 3.41. The zero-order valence-electron chi connectivity index (χ0n) is 13.0. The van der Waals surface area contributed by atoms with E-state index in [2.05, 4.69) is 0 Å². The third-order valence-electron chi connectivity index (χ3n) is 3.26. The summed E-state index contributed by atoms with van der Waals surface area (Å²) in [7, 11) is 1.60. The van der Waals surface area contributed by atoms with E-state index in [-0.39, 0.29) is 0 Å². The zero-order chi connectivity index (χ0) is 15.8. The molecule has 0 aliphatic rings. The molecule has 2 aromatic carbocycles. The van der Waals surface area contributed by atoms with Crippen molar-refractivity contribution in [2.45, 2.75) is 13.2 Å². The van der Waals surface area contributed by atoms with E-state index in [9.17, 15) is 5.11 Å². The molecule has 0 spiro atoms. The molecule has 1 N–H and O–H groups in total. The van der Waals surface area contributed by atoms with Gasteiger partial charge in [0.05, 0.1) is 19.8 Å². The molecule has 0 saturated heterocycles. The van der Waals surface area contributed by atoms with E-state index in [0.717, 1.165) is 22.4 Å². The normalized spacial score (nSPS) is 12.1. The fourth-order valence-corrected chi connectivity index (χ4v) is 2.09. The summed E-state index contributed by atoms with van der Waals surface area (Å²) in [6.07, 6.45) is -0.926. The maximum absolute atomic E-state index is 9.91. The second-order valence-corrected chi connectivity index (χ2v) is 4.80. The Morgan fingerprint density at radius 2 is 1.50 bits per heavy atom. The molecule has 1 unspecified atom stereocenters. The lowest BCUT2D eigenvalue weighted by molar-refractivity contribution is -0.113. The van der Waals surface area contributed by atoms with Gasteiger partial charge in [0.15, 0.2) is 6.29 Å². The molecule has 0 aliphatic carbocycles. The van der Waals surface area contributed by atoms with E-state index >= 15 is 0 Å². The Kier molecular flexibility index (Phi) is 6.40. The minimum atomic E-state index is -0.926. The molecular weight excluding hydrogens is 280 g/mol. The Bertz CT molecular complexity index is 548. The number of methoxy groups -OCH3 is 1. The van der Waals surface area contributed by atoms with Gasteiger partial charge in [-0.2, -0.15) is 0 Å². The Morgan fingerprint density at radius 1 is 0.909 bits per heavy atom. The zero-order valence-corrected chi connectivity index (χ0v) is 13.0. The van der Waals surface area contributed by atoms with Crippen LogP contribution >= 0.6 is 0 Å². The first-order valence-corrected chi connectivity index (χ1v) is 7.36. The first-order chi connectivity index (χ1) is 10.7. The van der Waals surface area contributed by atoms with E-state index in [1.54, 1.807) is 7.11 Å². The molecule has 2 aromatic rings. The molecule has 0 bridgehead atoms. The first kappa shape index (κ1) is 16.5. The summed E-state index contributed by atoms with van der Waals surface area (Å²) in [5, 5.41) is 9.91. The molecule has 0 heterocycles. The van der Waals surface area contributed by atoms with E-state index < -0.39 is 6.29 Å². The summed E-state index contributed by atoms with van der Waals surface area (Å²) in [5.74, 6) is 0.866. The van der Waals surface area contributed by atoms with Crippen molar-refractivity contribution in [3.05, 3.63) is 54.1 Å². The Morgan fingerprint density at radius 3 is 2.05 bits per heavy atom. The Hall–Kier alpha value is -1.88. The van der Waals surface area contributed by atoms with Gasteiger partial charge in [-0.3, -0.25) is 0 Å². The lowest BCUT2D eigenvalue weighted by atomic mass is 10.0. The second-order valence-electron chi connectivity index (χ2n) is 4.80. The average molecular weight is 302 g/mol. The largest absolute Gasteiger partial charge is 0.494 e. The van der Waals surface area contributed by atoms with Crippen molar-refractivity contribution in [3.63, 3.8) is 0 Å². The molecule has 4 nitrogen and oxygen atoms in total. The highest BCUT2D eigenvalue weighted by Crippen LogP contribution is 2.24. The SMILES string of the molecule is CCOc1ccc(-c2ccc(C(O)OCCOC)cc2)cc1. The van der Waals surface area contributed by atoms with E-state index in [4.69, 9.17) is 14.2 Å². The van der Waals surface area contributed by atoms with Crippen LogP contribution in [-0.2, 0) is 9.47 Å².